The van der Waals surface area contributed by atoms with Crippen molar-refractivity contribution in [2.24, 2.45) is 0 Å². The fourth-order valence-electron chi connectivity index (χ4n) is 1.65. The van der Waals surface area contributed by atoms with Gasteiger partial charge >= 0.3 is 0 Å². The summed E-state index contributed by atoms with van der Waals surface area (Å²) in [6.45, 7) is 10.4. The third kappa shape index (κ3) is 1.97. The molecule has 0 aliphatic carbocycles. The highest BCUT2D eigenvalue weighted by atomic mass is 32.2. The Bertz CT molecular complexity index is 424. The van der Waals surface area contributed by atoms with E-state index in [1.54, 1.807) is 13.8 Å². The lowest BCUT2D eigenvalue weighted by molar-refractivity contribution is -0.140. The normalized spacial score (nSPS) is 26.0. The SMILES string of the molecule is C=CC1(C)CC(=O)N1S(=O)(=O)CC(=C)C. The first kappa shape index (κ1) is 12.0. The Morgan fingerprint density at radius 1 is 1.67 bits per heavy atom. The Hall–Kier alpha value is -1.10. The molecule has 0 saturated carbocycles. The van der Waals surface area contributed by atoms with Crippen LogP contribution in [0.25, 0.3) is 0 Å². The fourth-order valence-corrected chi connectivity index (χ4v) is 3.55. The first-order valence-corrected chi connectivity index (χ1v) is 6.18. The van der Waals surface area contributed by atoms with E-state index in [0.717, 1.165) is 4.31 Å². The molecule has 0 aromatic heterocycles. The zero-order valence-electron chi connectivity index (χ0n) is 8.99. The minimum Gasteiger partial charge on any atom is -0.274 e. The van der Waals surface area contributed by atoms with Crippen LogP contribution in [0.3, 0.4) is 0 Å². The first-order valence-electron chi connectivity index (χ1n) is 4.57. The molecule has 0 aromatic carbocycles. The van der Waals surface area contributed by atoms with Crippen molar-refractivity contribution in [2.75, 3.05) is 5.75 Å². The van der Waals surface area contributed by atoms with E-state index < -0.39 is 15.6 Å². The van der Waals surface area contributed by atoms with Crippen molar-refractivity contribution < 1.29 is 13.2 Å². The standard InChI is InChI=1S/C10H15NO3S/c1-5-10(4)6-9(12)11(10)15(13,14)7-8(2)3/h5H,1-2,6-7H2,3-4H3. The molecular weight excluding hydrogens is 214 g/mol. The number of carbonyl (C=O) groups excluding carboxylic acids is 1. The molecule has 0 N–H and O–H groups in total. The van der Waals surface area contributed by atoms with Gasteiger partial charge in [-0.05, 0) is 13.8 Å². The molecule has 0 bridgehead atoms. The van der Waals surface area contributed by atoms with Crippen LogP contribution < -0.4 is 0 Å². The molecule has 1 rings (SSSR count). The van der Waals surface area contributed by atoms with Crippen molar-refractivity contribution in [2.45, 2.75) is 25.8 Å². The van der Waals surface area contributed by atoms with E-state index >= 15 is 0 Å². The van der Waals surface area contributed by atoms with Crippen LogP contribution in [0, 0.1) is 0 Å². The van der Waals surface area contributed by atoms with Crippen LogP contribution in [0.1, 0.15) is 20.3 Å². The number of β-lactam (4-membered cyclic amide) rings is 1. The van der Waals surface area contributed by atoms with Gasteiger partial charge in [0.25, 0.3) is 0 Å². The van der Waals surface area contributed by atoms with Gasteiger partial charge in [-0.25, -0.2) is 12.7 Å². The summed E-state index contributed by atoms with van der Waals surface area (Å²) in [6.07, 6.45) is 1.69. The average molecular weight is 229 g/mol. The lowest BCUT2D eigenvalue weighted by Crippen LogP contribution is -2.63. The van der Waals surface area contributed by atoms with E-state index in [1.807, 2.05) is 0 Å². The monoisotopic (exact) mass is 229 g/mol. The van der Waals surface area contributed by atoms with Crippen LogP contribution in [0.5, 0.6) is 0 Å². The second-order valence-corrected chi connectivity index (χ2v) is 5.93. The maximum atomic E-state index is 11.8. The van der Waals surface area contributed by atoms with Crippen molar-refractivity contribution in [1.82, 2.24) is 4.31 Å². The molecule has 5 heteroatoms. The van der Waals surface area contributed by atoms with Gasteiger partial charge in [-0.3, -0.25) is 4.79 Å². The molecule has 1 heterocycles. The summed E-state index contributed by atoms with van der Waals surface area (Å²) in [6, 6.07) is 0. The van der Waals surface area contributed by atoms with Crippen molar-refractivity contribution in [3.05, 3.63) is 24.8 Å². The Kier molecular flexibility index (Phi) is 2.78. The largest absolute Gasteiger partial charge is 0.274 e. The van der Waals surface area contributed by atoms with Gasteiger partial charge < -0.3 is 0 Å². The van der Waals surface area contributed by atoms with Gasteiger partial charge in [0.1, 0.15) is 0 Å². The predicted octanol–water partition coefficient (Wildman–Crippen LogP) is 1.07. The van der Waals surface area contributed by atoms with Crippen LogP contribution in [-0.4, -0.2) is 29.9 Å². The van der Waals surface area contributed by atoms with Crippen LogP contribution in [0.15, 0.2) is 24.8 Å². The smallest absolute Gasteiger partial charge is 0.241 e. The number of hydrogen-bond donors (Lipinski definition) is 0. The van der Waals surface area contributed by atoms with E-state index in [4.69, 9.17) is 0 Å². The number of rotatable bonds is 4. The summed E-state index contributed by atoms with van der Waals surface area (Å²) in [5.74, 6) is -0.569. The summed E-state index contributed by atoms with van der Waals surface area (Å²) in [5, 5.41) is 0. The molecule has 1 unspecified atom stereocenters. The first-order chi connectivity index (χ1) is 6.73. The Balaban J connectivity index is 3.02. The molecular formula is C10H15NO3S. The highest BCUT2D eigenvalue weighted by molar-refractivity contribution is 7.89. The summed E-state index contributed by atoms with van der Waals surface area (Å²) >= 11 is 0. The van der Waals surface area contributed by atoms with E-state index in [2.05, 4.69) is 13.2 Å². The van der Waals surface area contributed by atoms with Crippen molar-refractivity contribution in [1.29, 1.82) is 0 Å². The van der Waals surface area contributed by atoms with Gasteiger partial charge in [-0.2, -0.15) is 0 Å². The molecule has 0 aromatic rings. The second-order valence-electron chi connectivity index (χ2n) is 4.11. The topological polar surface area (TPSA) is 54.5 Å². The molecule has 84 valence electrons. The molecule has 0 spiro atoms. The molecule has 1 amide bonds. The quantitative estimate of drug-likeness (QED) is 0.535. The molecule has 15 heavy (non-hydrogen) atoms. The number of hydrogen-bond acceptors (Lipinski definition) is 3. The number of sulfonamides is 1. The summed E-state index contributed by atoms with van der Waals surface area (Å²) < 4.78 is 24.5. The summed E-state index contributed by atoms with van der Waals surface area (Å²) in [7, 11) is -3.58. The Morgan fingerprint density at radius 3 is 2.53 bits per heavy atom. The van der Waals surface area contributed by atoms with Gasteiger partial charge in [-0.15, -0.1) is 6.58 Å². The summed E-state index contributed by atoms with van der Waals surface area (Å²) in [5.41, 5.74) is -0.244. The second kappa shape index (κ2) is 3.48. The number of carbonyl (C=O) groups is 1. The molecule has 1 fully saturated rings. The van der Waals surface area contributed by atoms with Gasteiger partial charge in [0, 0.05) is 0 Å². The lowest BCUT2D eigenvalue weighted by atomic mass is 9.90. The zero-order chi connectivity index (χ0) is 11.9. The molecule has 4 nitrogen and oxygen atoms in total. The minimum atomic E-state index is -3.58. The third-order valence-electron chi connectivity index (χ3n) is 2.35. The van der Waals surface area contributed by atoms with E-state index in [0.29, 0.717) is 5.57 Å². The lowest BCUT2D eigenvalue weighted by Gasteiger charge is -2.46. The molecule has 0 radical (unpaired) electrons. The maximum Gasteiger partial charge on any atom is 0.241 e. The van der Waals surface area contributed by atoms with Gasteiger partial charge in [0.2, 0.25) is 15.9 Å². The Labute approximate surface area is 90.3 Å². The average Bonchev–Trinajstić information content (AvgIpc) is 1.98. The van der Waals surface area contributed by atoms with Crippen molar-refractivity contribution in [3.63, 3.8) is 0 Å². The third-order valence-corrected chi connectivity index (χ3v) is 4.38. The number of nitrogens with zero attached hydrogens (tertiary/aromatic N) is 1. The maximum absolute atomic E-state index is 11.8. The molecule has 1 aliphatic heterocycles. The van der Waals surface area contributed by atoms with E-state index in [-0.39, 0.29) is 18.1 Å². The fraction of sp³-hybridized carbons (Fsp3) is 0.500. The molecule has 1 aliphatic rings. The van der Waals surface area contributed by atoms with Gasteiger partial charge in [0.15, 0.2) is 0 Å². The van der Waals surface area contributed by atoms with Gasteiger partial charge in [-0.1, -0.05) is 18.2 Å². The molecule has 1 atom stereocenters. The zero-order valence-corrected chi connectivity index (χ0v) is 9.80. The van der Waals surface area contributed by atoms with Crippen LogP contribution in [0.2, 0.25) is 0 Å². The number of amides is 1. The van der Waals surface area contributed by atoms with Gasteiger partial charge in [0.05, 0.1) is 17.7 Å². The summed E-state index contributed by atoms with van der Waals surface area (Å²) in [4.78, 5) is 11.3. The highest BCUT2D eigenvalue weighted by Gasteiger charge is 2.51. The van der Waals surface area contributed by atoms with Crippen molar-refractivity contribution >= 4 is 15.9 Å². The van der Waals surface area contributed by atoms with Crippen LogP contribution in [0.4, 0.5) is 0 Å². The van der Waals surface area contributed by atoms with E-state index in [1.165, 1.54) is 6.08 Å². The van der Waals surface area contributed by atoms with Crippen LogP contribution >= 0.6 is 0 Å². The minimum absolute atomic E-state index is 0.192. The highest BCUT2D eigenvalue weighted by Crippen LogP contribution is 2.35. The molecule has 1 saturated heterocycles. The van der Waals surface area contributed by atoms with E-state index in [9.17, 15) is 13.2 Å². The van der Waals surface area contributed by atoms with Crippen LogP contribution in [-0.2, 0) is 14.8 Å². The predicted molar refractivity (Wildman–Crippen MR) is 58.7 cm³/mol. The van der Waals surface area contributed by atoms with Crippen molar-refractivity contribution in [3.8, 4) is 0 Å². The Morgan fingerprint density at radius 2 is 2.20 bits per heavy atom.